The van der Waals surface area contributed by atoms with Gasteiger partial charge < -0.3 is 9.88 Å². The summed E-state index contributed by atoms with van der Waals surface area (Å²) in [5.41, 5.74) is 0.633. The zero-order chi connectivity index (χ0) is 13.8. The van der Waals surface area contributed by atoms with E-state index < -0.39 is 0 Å². The van der Waals surface area contributed by atoms with E-state index in [-0.39, 0.29) is 11.9 Å². The standard InChI is InChI=1S/C13H19N5O/c1-4-7-18-12(14-9-15-18)10(2)16-13(19)11-6-5-8-17(11)3/h5-6,8-10H,4,7H2,1-3H3,(H,16,19). The van der Waals surface area contributed by atoms with Gasteiger partial charge in [-0.1, -0.05) is 6.92 Å². The van der Waals surface area contributed by atoms with E-state index in [9.17, 15) is 4.79 Å². The van der Waals surface area contributed by atoms with Gasteiger partial charge in [0, 0.05) is 19.8 Å². The summed E-state index contributed by atoms with van der Waals surface area (Å²) in [6, 6.07) is 3.47. The van der Waals surface area contributed by atoms with E-state index in [0.717, 1.165) is 18.8 Å². The summed E-state index contributed by atoms with van der Waals surface area (Å²) in [5.74, 6) is 0.676. The second kappa shape index (κ2) is 5.69. The van der Waals surface area contributed by atoms with Gasteiger partial charge >= 0.3 is 0 Å². The summed E-state index contributed by atoms with van der Waals surface area (Å²) < 4.78 is 3.62. The predicted octanol–water partition coefficient (Wildman–Crippen LogP) is 1.52. The fraction of sp³-hybridized carbons (Fsp3) is 0.462. The second-order valence-corrected chi connectivity index (χ2v) is 4.54. The summed E-state index contributed by atoms with van der Waals surface area (Å²) >= 11 is 0. The minimum Gasteiger partial charge on any atom is -0.347 e. The van der Waals surface area contributed by atoms with Crippen LogP contribution in [0.4, 0.5) is 0 Å². The highest BCUT2D eigenvalue weighted by molar-refractivity contribution is 5.92. The van der Waals surface area contributed by atoms with Crippen molar-refractivity contribution in [3.63, 3.8) is 0 Å². The minimum atomic E-state index is -0.170. The average molecular weight is 261 g/mol. The molecule has 19 heavy (non-hydrogen) atoms. The number of hydrogen-bond acceptors (Lipinski definition) is 3. The van der Waals surface area contributed by atoms with Crippen molar-refractivity contribution in [3.05, 3.63) is 36.2 Å². The minimum absolute atomic E-state index is 0.106. The topological polar surface area (TPSA) is 64.7 Å². The molecular weight excluding hydrogens is 242 g/mol. The van der Waals surface area contributed by atoms with Gasteiger partial charge in [-0.15, -0.1) is 0 Å². The van der Waals surface area contributed by atoms with Crippen molar-refractivity contribution in [1.82, 2.24) is 24.6 Å². The first kappa shape index (κ1) is 13.3. The molecule has 0 bridgehead atoms. The summed E-state index contributed by atoms with van der Waals surface area (Å²) in [5, 5.41) is 7.10. The van der Waals surface area contributed by atoms with Crippen molar-refractivity contribution in [3.8, 4) is 0 Å². The molecule has 0 aromatic carbocycles. The maximum Gasteiger partial charge on any atom is 0.268 e. The Labute approximate surface area is 112 Å². The van der Waals surface area contributed by atoms with Crippen LogP contribution in [-0.2, 0) is 13.6 Å². The highest BCUT2D eigenvalue weighted by Crippen LogP contribution is 2.10. The van der Waals surface area contributed by atoms with Crippen LogP contribution in [0.2, 0.25) is 0 Å². The molecule has 6 nitrogen and oxygen atoms in total. The van der Waals surface area contributed by atoms with Crippen LogP contribution in [0.15, 0.2) is 24.7 Å². The fourth-order valence-corrected chi connectivity index (χ4v) is 2.02. The predicted molar refractivity (Wildman–Crippen MR) is 71.6 cm³/mol. The van der Waals surface area contributed by atoms with Crippen molar-refractivity contribution in [1.29, 1.82) is 0 Å². The zero-order valence-corrected chi connectivity index (χ0v) is 11.5. The zero-order valence-electron chi connectivity index (χ0n) is 11.5. The van der Waals surface area contributed by atoms with E-state index in [1.807, 2.05) is 30.9 Å². The number of hydrogen-bond donors (Lipinski definition) is 1. The molecule has 102 valence electrons. The smallest absolute Gasteiger partial charge is 0.268 e. The Morgan fingerprint density at radius 1 is 1.53 bits per heavy atom. The Balaban J connectivity index is 2.08. The molecule has 2 heterocycles. The second-order valence-electron chi connectivity index (χ2n) is 4.54. The third-order valence-electron chi connectivity index (χ3n) is 2.99. The van der Waals surface area contributed by atoms with Crippen molar-refractivity contribution in [2.45, 2.75) is 32.9 Å². The van der Waals surface area contributed by atoms with Gasteiger partial charge in [-0.25, -0.2) is 9.67 Å². The first-order valence-electron chi connectivity index (χ1n) is 6.43. The lowest BCUT2D eigenvalue weighted by Crippen LogP contribution is -2.30. The monoisotopic (exact) mass is 261 g/mol. The third kappa shape index (κ3) is 2.83. The third-order valence-corrected chi connectivity index (χ3v) is 2.99. The van der Waals surface area contributed by atoms with Crippen LogP contribution in [0.5, 0.6) is 0 Å². The van der Waals surface area contributed by atoms with Crippen LogP contribution in [0.1, 0.15) is 42.6 Å². The highest BCUT2D eigenvalue weighted by atomic mass is 16.2. The number of carbonyl (C=O) groups is 1. The Hall–Kier alpha value is -2.11. The molecule has 2 aromatic rings. The molecule has 6 heteroatoms. The van der Waals surface area contributed by atoms with Crippen LogP contribution in [0, 0.1) is 0 Å². The Morgan fingerprint density at radius 2 is 2.32 bits per heavy atom. The summed E-state index contributed by atoms with van der Waals surface area (Å²) in [6.07, 6.45) is 4.35. The molecule has 0 fully saturated rings. The lowest BCUT2D eigenvalue weighted by Gasteiger charge is -2.14. The maximum atomic E-state index is 12.1. The molecule has 0 saturated heterocycles. The number of nitrogens with one attached hydrogen (secondary N) is 1. The lowest BCUT2D eigenvalue weighted by molar-refractivity contribution is 0.0929. The van der Waals surface area contributed by atoms with Crippen molar-refractivity contribution < 1.29 is 4.79 Å². The molecule has 0 aliphatic carbocycles. The molecule has 0 radical (unpaired) electrons. The van der Waals surface area contributed by atoms with E-state index in [2.05, 4.69) is 22.3 Å². The molecule has 0 saturated carbocycles. The fourth-order valence-electron chi connectivity index (χ4n) is 2.02. The van der Waals surface area contributed by atoms with Gasteiger partial charge in [0.1, 0.15) is 17.8 Å². The number of rotatable bonds is 5. The van der Waals surface area contributed by atoms with Crippen LogP contribution < -0.4 is 5.32 Å². The van der Waals surface area contributed by atoms with E-state index in [1.165, 1.54) is 6.33 Å². The summed E-state index contributed by atoms with van der Waals surface area (Å²) in [7, 11) is 1.85. The van der Waals surface area contributed by atoms with Crippen LogP contribution in [0.25, 0.3) is 0 Å². The molecule has 1 amide bonds. The molecule has 1 N–H and O–H groups in total. The molecule has 2 aromatic heterocycles. The van der Waals surface area contributed by atoms with E-state index in [1.54, 1.807) is 10.6 Å². The van der Waals surface area contributed by atoms with Crippen molar-refractivity contribution >= 4 is 5.91 Å². The quantitative estimate of drug-likeness (QED) is 0.887. The van der Waals surface area contributed by atoms with Gasteiger partial charge in [-0.3, -0.25) is 4.79 Å². The molecule has 2 rings (SSSR count). The van der Waals surface area contributed by atoms with E-state index in [0.29, 0.717) is 5.69 Å². The SMILES string of the molecule is CCCn1ncnc1C(C)NC(=O)c1cccn1C. The van der Waals surface area contributed by atoms with Gasteiger partial charge in [0.2, 0.25) is 0 Å². The summed E-state index contributed by atoms with van der Waals surface area (Å²) in [6.45, 7) is 4.80. The normalized spacial score (nSPS) is 12.4. The summed E-state index contributed by atoms with van der Waals surface area (Å²) in [4.78, 5) is 16.3. The number of aromatic nitrogens is 4. The highest BCUT2D eigenvalue weighted by Gasteiger charge is 2.17. The van der Waals surface area contributed by atoms with Gasteiger partial charge in [0.25, 0.3) is 5.91 Å². The van der Waals surface area contributed by atoms with Crippen molar-refractivity contribution in [2.24, 2.45) is 7.05 Å². The van der Waals surface area contributed by atoms with Gasteiger partial charge in [-0.2, -0.15) is 5.10 Å². The number of aryl methyl sites for hydroxylation is 2. The van der Waals surface area contributed by atoms with Crippen molar-refractivity contribution in [2.75, 3.05) is 0 Å². The molecule has 1 atom stereocenters. The first-order chi connectivity index (χ1) is 9.13. The molecular formula is C13H19N5O. The number of nitrogens with zero attached hydrogens (tertiary/aromatic N) is 4. The molecule has 0 aliphatic rings. The average Bonchev–Trinajstić information content (AvgIpc) is 2.98. The Morgan fingerprint density at radius 3 is 2.95 bits per heavy atom. The van der Waals surface area contributed by atoms with E-state index >= 15 is 0 Å². The van der Waals surface area contributed by atoms with Crippen LogP contribution in [0.3, 0.4) is 0 Å². The number of carbonyl (C=O) groups excluding carboxylic acids is 1. The molecule has 0 aliphatic heterocycles. The Kier molecular flexibility index (Phi) is 3.99. The Bertz CT molecular complexity index is 557. The van der Waals surface area contributed by atoms with Gasteiger partial charge in [-0.05, 0) is 25.5 Å². The largest absolute Gasteiger partial charge is 0.347 e. The van der Waals surface area contributed by atoms with Gasteiger partial charge in [0.15, 0.2) is 0 Å². The first-order valence-corrected chi connectivity index (χ1v) is 6.43. The molecule has 1 unspecified atom stereocenters. The molecule has 0 spiro atoms. The number of amides is 1. The van der Waals surface area contributed by atoms with Crippen LogP contribution in [-0.4, -0.2) is 25.2 Å². The van der Waals surface area contributed by atoms with Gasteiger partial charge in [0.05, 0.1) is 6.04 Å². The van der Waals surface area contributed by atoms with E-state index in [4.69, 9.17) is 0 Å². The maximum absolute atomic E-state index is 12.1. The lowest BCUT2D eigenvalue weighted by atomic mass is 10.3. The van der Waals surface area contributed by atoms with Crippen LogP contribution >= 0.6 is 0 Å².